The van der Waals surface area contributed by atoms with Crippen molar-refractivity contribution in [2.24, 2.45) is 0 Å². The van der Waals surface area contributed by atoms with Crippen LogP contribution in [-0.4, -0.2) is 10.5 Å². The van der Waals surface area contributed by atoms with Crippen molar-refractivity contribution in [3.63, 3.8) is 0 Å². The van der Waals surface area contributed by atoms with Crippen LogP contribution in [0.1, 0.15) is 12.8 Å². The molecule has 0 unspecified atom stereocenters. The lowest BCUT2D eigenvalue weighted by Gasteiger charge is -2.07. The van der Waals surface area contributed by atoms with Gasteiger partial charge >= 0.3 is 0 Å². The highest BCUT2D eigenvalue weighted by Crippen LogP contribution is 2.25. The van der Waals surface area contributed by atoms with Gasteiger partial charge in [0.05, 0.1) is 10.0 Å². The normalized spacial score (nSPS) is 10.4. The summed E-state index contributed by atoms with van der Waals surface area (Å²) in [6.45, 7) is 0.835. The van der Waals surface area contributed by atoms with Crippen LogP contribution >= 0.6 is 23.2 Å². The molecule has 2 rings (SSSR count). The maximum atomic E-state index is 11.7. The van der Waals surface area contributed by atoms with Gasteiger partial charge in [0.15, 0.2) is 0 Å². The van der Waals surface area contributed by atoms with Crippen molar-refractivity contribution in [1.29, 1.82) is 0 Å². The maximum Gasteiger partial charge on any atom is 0.224 e. The molecule has 0 atom stereocenters. The van der Waals surface area contributed by atoms with Gasteiger partial charge in [-0.2, -0.15) is 0 Å². The quantitative estimate of drug-likeness (QED) is 0.881. The van der Waals surface area contributed by atoms with E-state index in [0.29, 0.717) is 22.2 Å². The van der Waals surface area contributed by atoms with E-state index in [0.717, 1.165) is 13.0 Å². The molecule has 5 heteroatoms. The molecule has 0 saturated heterocycles. The van der Waals surface area contributed by atoms with E-state index in [4.69, 9.17) is 23.2 Å². The molecule has 1 aromatic carbocycles. The number of carbonyl (C=O) groups excluding carboxylic acids is 1. The van der Waals surface area contributed by atoms with Gasteiger partial charge in [-0.05, 0) is 36.8 Å². The van der Waals surface area contributed by atoms with Gasteiger partial charge in [-0.3, -0.25) is 4.79 Å². The summed E-state index contributed by atoms with van der Waals surface area (Å²) in [7, 11) is 0. The Morgan fingerprint density at radius 3 is 2.58 bits per heavy atom. The highest BCUT2D eigenvalue weighted by atomic mass is 35.5. The smallest absolute Gasteiger partial charge is 0.224 e. The number of nitrogens with zero attached hydrogens (tertiary/aromatic N) is 1. The van der Waals surface area contributed by atoms with Crippen LogP contribution in [0.3, 0.4) is 0 Å². The van der Waals surface area contributed by atoms with Crippen LogP contribution in [0.2, 0.25) is 10.0 Å². The fourth-order valence-electron chi connectivity index (χ4n) is 1.74. The molecule has 0 bridgehead atoms. The molecule has 1 amide bonds. The summed E-state index contributed by atoms with van der Waals surface area (Å²) in [6.07, 6.45) is 5.23. The predicted molar refractivity (Wildman–Crippen MR) is 78.8 cm³/mol. The summed E-state index contributed by atoms with van der Waals surface area (Å²) in [4.78, 5) is 11.7. The third kappa shape index (κ3) is 4.30. The summed E-state index contributed by atoms with van der Waals surface area (Å²) in [6, 6.07) is 8.98. The van der Waals surface area contributed by atoms with Crippen LogP contribution in [-0.2, 0) is 11.3 Å². The minimum absolute atomic E-state index is 0.0226. The molecule has 2 aromatic rings. The summed E-state index contributed by atoms with van der Waals surface area (Å²) < 4.78 is 2.05. The number of aromatic nitrogens is 1. The van der Waals surface area contributed by atoms with Gasteiger partial charge in [0.2, 0.25) is 5.91 Å². The lowest BCUT2D eigenvalue weighted by molar-refractivity contribution is -0.116. The molecule has 1 aromatic heterocycles. The van der Waals surface area contributed by atoms with Gasteiger partial charge in [0.25, 0.3) is 0 Å². The van der Waals surface area contributed by atoms with Crippen molar-refractivity contribution in [3.05, 3.63) is 52.8 Å². The zero-order chi connectivity index (χ0) is 13.7. The standard InChI is InChI=1S/C14H14Cl2N2O/c15-12-6-5-11(10-13(12)16)17-14(19)4-3-9-18-7-1-2-8-18/h1-2,5-8,10H,3-4,9H2,(H,17,19). The number of hydrogen-bond acceptors (Lipinski definition) is 1. The number of hydrogen-bond donors (Lipinski definition) is 1. The number of carbonyl (C=O) groups is 1. The molecule has 0 fully saturated rings. The number of halogens is 2. The predicted octanol–water partition coefficient (Wildman–Crippen LogP) is 4.21. The largest absolute Gasteiger partial charge is 0.354 e. The van der Waals surface area contributed by atoms with Crippen molar-refractivity contribution in [3.8, 4) is 0 Å². The van der Waals surface area contributed by atoms with Gasteiger partial charge in [0, 0.05) is 31.0 Å². The van der Waals surface area contributed by atoms with Crippen molar-refractivity contribution >= 4 is 34.8 Å². The van der Waals surface area contributed by atoms with E-state index in [9.17, 15) is 4.79 Å². The van der Waals surface area contributed by atoms with E-state index in [2.05, 4.69) is 5.32 Å². The number of amides is 1. The fraction of sp³-hybridized carbons (Fsp3) is 0.214. The molecule has 1 heterocycles. The molecule has 0 aliphatic carbocycles. The Labute approximate surface area is 122 Å². The molecule has 3 nitrogen and oxygen atoms in total. The second kappa shape index (κ2) is 6.64. The number of rotatable bonds is 5. The Balaban J connectivity index is 1.79. The lowest BCUT2D eigenvalue weighted by Crippen LogP contribution is -2.12. The summed E-state index contributed by atoms with van der Waals surface area (Å²) in [5, 5.41) is 3.71. The van der Waals surface area contributed by atoms with Crippen molar-refractivity contribution in [1.82, 2.24) is 4.57 Å². The Morgan fingerprint density at radius 2 is 1.89 bits per heavy atom. The average molecular weight is 297 g/mol. The third-order valence-corrected chi connectivity index (χ3v) is 3.43. The Morgan fingerprint density at radius 1 is 1.16 bits per heavy atom. The van der Waals surface area contributed by atoms with Gasteiger partial charge in [-0.15, -0.1) is 0 Å². The van der Waals surface area contributed by atoms with E-state index in [1.165, 1.54) is 0 Å². The second-order valence-electron chi connectivity index (χ2n) is 4.20. The average Bonchev–Trinajstić information content (AvgIpc) is 2.87. The SMILES string of the molecule is O=C(CCCn1cccc1)Nc1ccc(Cl)c(Cl)c1. The van der Waals surface area contributed by atoms with E-state index in [-0.39, 0.29) is 5.91 Å². The first-order valence-corrected chi connectivity index (χ1v) is 6.76. The molecule has 0 aliphatic heterocycles. The highest BCUT2D eigenvalue weighted by Gasteiger charge is 2.04. The number of benzene rings is 1. The van der Waals surface area contributed by atoms with Crippen LogP contribution in [0, 0.1) is 0 Å². The van der Waals surface area contributed by atoms with Gasteiger partial charge in [-0.25, -0.2) is 0 Å². The molecular formula is C14H14Cl2N2O. The molecule has 0 saturated carbocycles. The van der Waals surface area contributed by atoms with Crippen LogP contribution < -0.4 is 5.32 Å². The van der Waals surface area contributed by atoms with E-state index in [1.54, 1.807) is 18.2 Å². The Hall–Kier alpha value is -1.45. The van der Waals surface area contributed by atoms with E-state index < -0.39 is 0 Å². The first-order chi connectivity index (χ1) is 9.15. The molecular weight excluding hydrogens is 283 g/mol. The second-order valence-corrected chi connectivity index (χ2v) is 5.02. The third-order valence-electron chi connectivity index (χ3n) is 2.69. The molecule has 100 valence electrons. The minimum Gasteiger partial charge on any atom is -0.354 e. The number of anilines is 1. The van der Waals surface area contributed by atoms with Crippen molar-refractivity contribution in [2.45, 2.75) is 19.4 Å². The van der Waals surface area contributed by atoms with Gasteiger partial charge < -0.3 is 9.88 Å². The minimum atomic E-state index is -0.0226. The summed E-state index contributed by atoms with van der Waals surface area (Å²) in [5.74, 6) is -0.0226. The van der Waals surface area contributed by atoms with Crippen LogP contribution in [0.4, 0.5) is 5.69 Å². The zero-order valence-corrected chi connectivity index (χ0v) is 11.8. The molecule has 0 radical (unpaired) electrons. The Bertz CT molecular complexity index is 553. The first-order valence-electron chi connectivity index (χ1n) is 6.01. The lowest BCUT2D eigenvalue weighted by atomic mass is 10.2. The van der Waals surface area contributed by atoms with Crippen LogP contribution in [0.5, 0.6) is 0 Å². The van der Waals surface area contributed by atoms with Crippen molar-refractivity contribution < 1.29 is 4.79 Å². The fourth-order valence-corrected chi connectivity index (χ4v) is 2.04. The topological polar surface area (TPSA) is 34.0 Å². The number of nitrogens with one attached hydrogen (secondary N) is 1. The van der Waals surface area contributed by atoms with Gasteiger partial charge in [-0.1, -0.05) is 23.2 Å². The highest BCUT2D eigenvalue weighted by molar-refractivity contribution is 6.42. The Kier molecular flexibility index (Phi) is 4.88. The molecule has 0 aliphatic rings. The zero-order valence-electron chi connectivity index (χ0n) is 10.3. The van der Waals surface area contributed by atoms with Gasteiger partial charge in [0.1, 0.15) is 0 Å². The number of aryl methyl sites for hydroxylation is 1. The summed E-state index contributed by atoms with van der Waals surface area (Å²) in [5.41, 5.74) is 0.667. The van der Waals surface area contributed by atoms with Crippen molar-refractivity contribution in [2.75, 3.05) is 5.32 Å². The summed E-state index contributed by atoms with van der Waals surface area (Å²) >= 11 is 11.7. The van der Waals surface area contributed by atoms with Crippen LogP contribution in [0.25, 0.3) is 0 Å². The van der Waals surface area contributed by atoms with E-state index in [1.807, 2.05) is 29.1 Å². The molecule has 19 heavy (non-hydrogen) atoms. The molecule has 1 N–H and O–H groups in total. The first kappa shape index (κ1) is 14.0. The maximum absolute atomic E-state index is 11.7. The molecule has 0 spiro atoms. The van der Waals surface area contributed by atoms with E-state index >= 15 is 0 Å². The monoisotopic (exact) mass is 296 g/mol. The van der Waals surface area contributed by atoms with Crippen LogP contribution in [0.15, 0.2) is 42.7 Å².